The molecule has 0 atom stereocenters. The Hall–Kier alpha value is -1.55. The molecule has 0 radical (unpaired) electrons. The Bertz CT molecular complexity index is 400. The van der Waals surface area contributed by atoms with Crippen LogP contribution in [0.15, 0.2) is 30.3 Å². The molecule has 1 fully saturated rings. The van der Waals surface area contributed by atoms with Gasteiger partial charge in [0.1, 0.15) is 5.75 Å². The van der Waals surface area contributed by atoms with E-state index in [1.807, 2.05) is 30.3 Å². The number of hydrogen-bond donors (Lipinski definition) is 2. The summed E-state index contributed by atoms with van der Waals surface area (Å²) in [6.45, 7) is 1.69. The van der Waals surface area contributed by atoms with Gasteiger partial charge in [-0.15, -0.1) is 0 Å². The van der Waals surface area contributed by atoms with E-state index in [2.05, 4.69) is 5.32 Å². The molecule has 110 valence electrons. The van der Waals surface area contributed by atoms with Crippen LogP contribution >= 0.6 is 0 Å². The summed E-state index contributed by atoms with van der Waals surface area (Å²) in [5.41, 5.74) is 5.33. The van der Waals surface area contributed by atoms with Crippen LogP contribution in [0, 0.1) is 5.92 Å². The monoisotopic (exact) mass is 276 g/mol. The molecule has 1 aromatic rings. The zero-order valence-electron chi connectivity index (χ0n) is 11.9. The largest absolute Gasteiger partial charge is 0.494 e. The Morgan fingerprint density at radius 3 is 2.55 bits per heavy atom. The lowest BCUT2D eigenvalue weighted by Crippen LogP contribution is -2.37. The number of para-hydroxylation sites is 1. The van der Waals surface area contributed by atoms with E-state index in [1.165, 1.54) is 0 Å². The highest BCUT2D eigenvalue weighted by molar-refractivity contribution is 5.76. The van der Waals surface area contributed by atoms with E-state index in [1.54, 1.807) is 0 Å². The number of hydrogen-bond acceptors (Lipinski definition) is 3. The highest BCUT2D eigenvalue weighted by Crippen LogP contribution is 2.23. The molecule has 1 aliphatic carbocycles. The second-order valence-electron chi connectivity index (χ2n) is 5.42. The van der Waals surface area contributed by atoms with E-state index in [9.17, 15) is 4.79 Å². The normalized spacial score (nSPS) is 22.4. The molecule has 1 aromatic carbocycles. The third kappa shape index (κ3) is 4.85. The molecule has 0 heterocycles. The van der Waals surface area contributed by atoms with Crippen molar-refractivity contribution in [2.45, 2.75) is 38.1 Å². The summed E-state index contributed by atoms with van der Waals surface area (Å²) >= 11 is 0. The van der Waals surface area contributed by atoms with E-state index in [0.29, 0.717) is 6.04 Å². The van der Waals surface area contributed by atoms with Gasteiger partial charge < -0.3 is 15.8 Å². The number of nitrogens with one attached hydrogen (secondary N) is 1. The van der Waals surface area contributed by atoms with Crippen molar-refractivity contribution in [2.75, 3.05) is 13.2 Å². The van der Waals surface area contributed by atoms with Crippen LogP contribution < -0.4 is 15.8 Å². The highest BCUT2D eigenvalue weighted by atomic mass is 16.5. The van der Waals surface area contributed by atoms with E-state index in [-0.39, 0.29) is 11.8 Å². The first-order valence-electron chi connectivity index (χ1n) is 7.46. The average Bonchev–Trinajstić information content (AvgIpc) is 2.48. The minimum Gasteiger partial charge on any atom is -0.494 e. The van der Waals surface area contributed by atoms with Gasteiger partial charge in [-0.3, -0.25) is 4.79 Å². The molecule has 20 heavy (non-hydrogen) atoms. The number of rotatable bonds is 7. The molecule has 0 aliphatic heterocycles. The highest BCUT2D eigenvalue weighted by Gasteiger charge is 2.23. The fourth-order valence-electron chi connectivity index (χ4n) is 2.67. The van der Waals surface area contributed by atoms with Crippen molar-refractivity contribution >= 4 is 5.91 Å². The van der Waals surface area contributed by atoms with Crippen LogP contribution in [0.3, 0.4) is 0 Å². The first-order valence-corrected chi connectivity index (χ1v) is 7.46. The van der Waals surface area contributed by atoms with Crippen LogP contribution in [0.1, 0.15) is 32.1 Å². The van der Waals surface area contributed by atoms with Gasteiger partial charge in [-0.05, 0) is 50.8 Å². The molecule has 4 heteroatoms. The number of amides is 1. The number of carbonyl (C=O) groups is 1. The number of benzene rings is 1. The topological polar surface area (TPSA) is 64.4 Å². The molecule has 2 rings (SSSR count). The third-order valence-electron chi connectivity index (χ3n) is 3.90. The number of nitrogens with two attached hydrogens (primary N) is 1. The molecule has 0 saturated heterocycles. The minimum absolute atomic E-state index is 0.0921. The summed E-state index contributed by atoms with van der Waals surface area (Å²) in [5.74, 6) is 0.878. The summed E-state index contributed by atoms with van der Waals surface area (Å²) in [4.78, 5) is 11.1. The van der Waals surface area contributed by atoms with E-state index < -0.39 is 0 Å². The molecule has 0 aromatic heterocycles. The van der Waals surface area contributed by atoms with Crippen LogP contribution in [-0.2, 0) is 4.79 Å². The quantitative estimate of drug-likeness (QED) is 0.750. The summed E-state index contributed by atoms with van der Waals surface area (Å²) in [7, 11) is 0. The molecule has 0 bridgehead atoms. The Balaban J connectivity index is 1.53. The van der Waals surface area contributed by atoms with Crippen LogP contribution in [-0.4, -0.2) is 25.1 Å². The van der Waals surface area contributed by atoms with Gasteiger partial charge in [0.05, 0.1) is 6.61 Å². The second-order valence-corrected chi connectivity index (χ2v) is 5.42. The standard InChI is InChI=1S/C16H24N2O2/c17-16(19)13-7-9-14(10-8-13)18-11-4-12-20-15-5-2-1-3-6-15/h1-3,5-6,13-14,18H,4,7-12H2,(H2,17,19). The molecular weight excluding hydrogens is 252 g/mol. The van der Waals surface area contributed by atoms with Gasteiger partial charge in [-0.25, -0.2) is 0 Å². The van der Waals surface area contributed by atoms with Gasteiger partial charge in [0.15, 0.2) is 0 Å². The van der Waals surface area contributed by atoms with Crippen molar-refractivity contribution < 1.29 is 9.53 Å². The average molecular weight is 276 g/mol. The van der Waals surface area contributed by atoms with Crippen molar-refractivity contribution in [3.63, 3.8) is 0 Å². The van der Waals surface area contributed by atoms with Gasteiger partial charge in [0.2, 0.25) is 5.91 Å². The van der Waals surface area contributed by atoms with Crippen LogP contribution in [0.4, 0.5) is 0 Å². The van der Waals surface area contributed by atoms with Crippen molar-refractivity contribution in [3.05, 3.63) is 30.3 Å². The fourth-order valence-corrected chi connectivity index (χ4v) is 2.67. The minimum atomic E-state index is -0.139. The molecule has 1 saturated carbocycles. The number of primary amides is 1. The van der Waals surface area contributed by atoms with Gasteiger partial charge in [-0.2, -0.15) is 0 Å². The maximum absolute atomic E-state index is 11.1. The number of carbonyl (C=O) groups excluding carboxylic acids is 1. The fraction of sp³-hybridized carbons (Fsp3) is 0.562. The number of ether oxygens (including phenoxy) is 1. The van der Waals surface area contributed by atoms with Gasteiger partial charge in [0.25, 0.3) is 0 Å². The predicted octanol–water partition coefficient (Wildman–Crippen LogP) is 2.09. The zero-order chi connectivity index (χ0) is 14.2. The third-order valence-corrected chi connectivity index (χ3v) is 3.90. The van der Waals surface area contributed by atoms with Crippen molar-refractivity contribution in [1.29, 1.82) is 0 Å². The second kappa shape index (κ2) is 7.90. The zero-order valence-corrected chi connectivity index (χ0v) is 11.9. The van der Waals surface area contributed by atoms with Gasteiger partial charge in [-0.1, -0.05) is 18.2 Å². The maximum atomic E-state index is 11.1. The van der Waals surface area contributed by atoms with Crippen molar-refractivity contribution in [2.24, 2.45) is 11.7 Å². The van der Waals surface area contributed by atoms with E-state index in [4.69, 9.17) is 10.5 Å². The van der Waals surface area contributed by atoms with Gasteiger partial charge >= 0.3 is 0 Å². The molecule has 3 N–H and O–H groups in total. The Morgan fingerprint density at radius 1 is 1.20 bits per heavy atom. The van der Waals surface area contributed by atoms with E-state index >= 15 is 0 Å². The first kappa shape index (κ1) is 14.9. The van der Waals surface area contributed by atoms with Gasteiger partial charge in [0, 0.05) is 12.0 Å². The Morgan fingerprint density at radius 2 is 1.90 bits per heavy atom. The summed E-state index contributed by atoms with van der Waals surface area (Å²) < 4.78 is 5.64. The molecule has 0 unspecified atom stereocenters. The Kier molecular flexibility index (Phi) is 5.87. The molecular formula is C16H24N2O2. The van der Waals surface area contributed by atoms with Crippen molar-refractivity contribution in [1.82, 2.24) is 5.32 Å². The Labute approximate surface area is 120 Å². The predicted molar refractivity (Wildman–Crippen MR) is 79.5 cm³/mol. The summed E-state index contributed by atoms with van der Waals surface area (Å²) in [6, 6.07) is 10.4. The molecule has 0 spiro atoms. The summed E-state index contributed by atoms with van der Waals surface area (Å²) in [5, 5.41) is 3.54. The lowest BCUT2D eigenvalue weighted by Gasteiger charge is -2.27. The van der Waals surface area contributed by atoms with Crippen LogP contribution in [0.25, 0.3) is 0 Å². The van der Waals surface area contributed by atoms with E-state index in [0.717, 1.165) is 51.0 Å². The smallest absolute Gasteiger partial charge is 0.220 e. The molecule has 4 nitrogen and oxygen atoms in total. The van der Waals surface area contributed by atoms with Crippen LogP contribution in [0.5, 0.6) is 5.75 Å². The molecule has 1 aliphatic rings. The lowest BCUT2D eigenvalue weighted by molar-refractivity contribution is -0.122. The SMILES string of the molecule is NC(=O)C1CCC(NCCCOc2ccccc2)CC1. The van der Waals surface area contributed by atoms with Crippen molar-refractivity contribution in [3.8, 4) is 5.75 Å². The molecule has 1 amide bonds. The van der Waals surface area contributed by atoms with Crippen LogP contribution in [0.2, 0.25) is 0 Å². The summed E-state index contributed by atoms with van der Waals surface area (Å²) in [6.07, 6.45) is 4.94. The first-order chi connectivity index (χ1) is 9.75. The maximum Gasteiger partial charge on any atom is 0.220 e. The lowest BCUT2D eigenvalue weighted by atomic mass is 9.85.